The molecule has 106 valence electrons. The van der Waals surface area contributed by atoms with E-state index in [9.17, 15) is 4.79 Å². The third kappa shape index (κ3) is 5.21. The van der Waals surface area contributed by atoms with Crippen molar-refractivity contribution in [3.05, 3.63) is 17.5 Å². The lowest BCUT2D eigenvalue weighted by atomic mass is 10.2. The van der Waals surface area contributed by atoms with Crippen LogP contribution in [0.3, 0.4) is 0 Å². The summed E-state index contributed by atoms with van der Waals surface area (Å²) in [6.07, 6.45) is 3.47. The van der Waals surface area contributed by atoms with Crippen molar-refractivity contribution in [2.75, 3.05) is 32.2 Å². The van der Waals surface area contributed by atoms with Crippen molar-refractivity contribution in [3.8, 4) is 0 Å². The monoisotopic (exact) mass is 267 g/mol. The largest absolute Gasteiger partial charge is 0.462 e. The molecule has 0 spiro atoms. The fourth-order valence-electron chi connectivity index (χ4n) is 1.53. The molecule has 6 heteroatoms. The highest BCUT2D eigenvalue weighted by molar-refractivity contribution is 5.90. The van der Waals surface area contributed by atoms with Gasteiger partial charge in [0, 0.05) is 26.5 Å². The molecule has 0 aliphatic heterocycles. The maximum Gasteiger partial charge on any atom is 0.341 e. The number of unbranched alkanes of at least 4 members (excludes halogenated alkanes) is 1. The van der Waals surface area contributed by atoms with E-state index in [-0.39, 0.29) is 5.97 Å². The zero-order valence-electron chi connectivity index (χ0n) is 11.7. The molecule has 0 aliphatic rings. The van der Waals surface area contributed by atoms with Crippen molar-refractivity contribution in [1.29, 1.82) is 0 Å². The summed E-state index contributed by atoms with van der Waals surface area (Å²) in [5, 5.41) is 3.11. The van der Waals surface area contributed by atoms with Gasteiger partial charge in [0.05, 0.1) is 17.9 Å². The Morgan fingerprint density at radius 3 is 2.84 bits per heavy atom. The first-order chi connectivity index (χ1) is 9.19. The lowest BCUT2D eigenvalue weighted by Crippen LogP contribution is -2.12. The third-order valence-electron chi connectivity index (χ3n) is 2.53. The minimum atomic E-state index is -0.383. The Kier molecular flexibility index (Phi) is 6.81. The molecule has 0 saturated heterocycles. The van der Waals surface area contributed by atoms with Gasteiger partial charge < -0.3 is 14.8 Å². The summed E-state index contributed by atoms with van der Waals surface area (Å²) in [4.78, 5) is 19.9. The molecule has 0 atom stereocenters. The van der Waals surface area contributed by atoms with Crippen LogP contribution in [-0.2, 0) is 9.47 Å². The van der Waals surface area contributed by atoms with Crippen molar-refractivity contribution in [1.82, 2.24) is 9.97 Å². The number of rotatable bonds is 8. The average Bonchev–Trinajstić information content (AvgIpc) is 2.39. The number of nitrogens with one attached hydrogen (secondary N) is 1. The number of aromatic nitrogens is 2. The first-order valence-electron chi connectivity index (χ1n) is 6.42. The minimum Gasteiger partial charge on any atom is -0.462 e. The van der Waals surface area contributed by atoms with E-state index in [1.807, 2.05) is 0 Å². The Labute approximate surface area is 113 Å². The summed E-state index contributed by atoms with van der Waals surface area (Å²) in [5.41, 5.74) is 1.03. The van der Waals surface area contributed by atoms with Gasteiger partial charge in [-0.3, -0.25) is 0 Å². The molecular weight excluding hydrogens is 246 g/mol. The van der Waals surface area contributed by atoms with Crippen LogP contribution in [-0.4, -0.2) is 42.8 Å². The Morgan fingerprint density at radius 1 is 1.42 bits per heavy atom. The fourth-order valence-corrected chi connectivity index (χ4v) is 1.53. The van der Waals surface area contributed by atoms with Crippen molar-refractivity contribution >= 4 is 11.9 Å². The maximum atomic E-state index is 11.6. The molecule has 0 unspecified atom stereocenters. The summed E-state index contributed by atoms with van der Waals surface area (Å²) in [7, 11) is 1.69. The van der Waals surface area contributed by atoms with Crippen molar-refractivity contribution < 1.29 is 14.3 Å². The number of carbonyl (C=O) groups is 1. The summed E-state index contributed by atoms with van der Waals surface area (Å²) in [5.74, 6) is 0.148. The van der Waals surface area contributed by atoms with Crippen LogP contribution >= 0.6 is 0 Å². The van der Waals surface area contributed by atoms with E-state index < -0.39 is 0 Å². The van der Waals surface area contributed by atoms with E-state index >= 15 is 0 Å². The molecule has 0 amide bonds. The molecule has 0 saturated carbocycles. The van der Waals surface area contributed by atoms with Gasteiger partial charge in [-0.2, -0.15) is 0 Å². The molecule has 6 nitrogen and oxygen atoms in total. The lowest BCUT2D eigenvalue weighted by molar-refractivity contribution is 0.0524. The number of carbonyl (C=O) groups excluding carboxylic acids is 1. The van der Waals surface area contributed by atoms with Gasteiger partial charge in [0.1, 0.15) is 0 Å². The second-order valence-corrected chi connectivity index (χ2v) is 4.04. The standard InChI is InChI=1S/C13H21N3O3/c1-4-19-12(17)11-9-15-13(16-10(11)2)14-7-5-6-8-18-3/h9H,4-8H2,1-3H3,(H,14,15,16). The van der Waals surface area contributed by atoms with Gasteiger partial charge >= 0.3 is 5.97 Å². The van der Waals surface area contributed by atoms with Gasteiger partial charge in [-0.15, -0.1) is 0 Å². The number of methoxy groups -OCH3 is 1. The predicted octanol–water partition coefficient (Wildman–Crippen LogP) is 1.80. The van der Waals surface area contributed by atoms with E-state index in [0.29, 0.717) is 23.8 Å². The summed E-state index contributed by atoms with van der Waals surface area (Å²) >= 11 is 0. The van der Waals surface area contributed by atoms with Gasteiger partial charge in [-0.25, -0.2) is 14.8 Å². The molecular formula is C13H21N3O3. The summed E-state index contributed by atoms with van der Waals surface area (Å²) < 4.78 is 9.89. The van der Waals surface area contributed by atoms with Crippen LogP contribution in [0.4, 0.5) is 5.95 Å². The maximum absolute atomic E-state index is 11.6. The molecule has 0 fully saturated rings. The van der Waals surface area contributed by atoms with Gasteiger partial charge in [0.25, 0.3) is 0 Å². The number of nitrogens with zero attached hydrogens (tertiary/aromatic N) is 2. The second-order valence-electron chi connectivity index (χ2n) is 4.04. The third-order valence-corrected chi connectivity index (χ3v) is 2.53. The van der Waals surface area contributed by atoms with Crippen molar-refractivity contribution in [3.63, 3.8) is 0 Å². The SMILES string of the molecule is CCOC(=O)c1cnc(NCCCCOC)nc1C. The lowest BCUT2D eigenvalue weighted by Gasteiger charge is -2.08. The van der Waals surface area contributed by atoms with Gasteiger partial charge in [0.2, 0.25) is 5.95 Å². The molecule has 1 heterocycles. The Bertz CT molecular complexity index is 410. The van der Waals surface area contributed by atoms with E-state index in [1.165, 1.54) is 6.20 Å². The zero-order chi connectivity index (χ0) is 14.1. The predicted molar refractivity (Wildman–Crippen MR) is 72.3 cm³/mol. The normalized spacial score (nSPS) is 10.3. The highest BCUT2D eigenvalue weighted by Gasteiger charge is 2.12. The molecule has 0 aliphatic carbocycles. The smallest absolute Gasteiger partial charge is 0.341 e. The first kappa shape index (κ1) is 15.4. The highest BCUT2D eigenvalue weighted by Crippen LogP contribution is 2.08. The quantitative estimate of drug-likeness (QED) is 0.572. The molecule has 1 rings (SSSR count). The zero-order valence-corrected chi connectivity index (χ0v) is 11.7. The van der Waals surface area contributed by atoms with E-state index in [1.54, 1.807) is 21.0 Å². The number of anilines is 1. The van der Waals surface area contributed by atoms with E-state index in [2.05, 4.69) is 15.3 Å². The van der Waals surface area contributed by atoms with Crippen LogP contribution in [0.1, 0.15) is 35.8 Å². The van der Waals surface area contributed by atoms with Crippen molar-refractivity contribution in [2.24, 2.45) is 0 Å². The van der Waals surface area contributed by atoms with Gasteiger partial charge in [-0.1, -0.05) is 0 Å². The molecule has 19 heavy (non-hydrogen) atoms. The average molecular weight is 267 g/mol. The van der Waals surface area contributed by atoms with Crippen LogP contribution in [0.2, 0.25) is 0 Å². The molecule has 0 radical (unpaired) electrons. The van der Waals surface area contributed by atoms with Crippen LogP contribution < -0.4 is 5.32 Å². The molecule has 1 N–H and O–H groups in total. The van der Waals surface area contributed by atoms with Gasteiger partial charge in [-0.05, 0) is 26.7 Å². The Hall–Kier alpha value is -1.69. The number of ether oxygens (including phenoxy) is 2. The summed E-state index contributed by atoms with van der Waals surface area (Å²) in [6.45, 7) is 5.41. The molecule has 0 bridgehead atoms. The Balaban J connectivity index is 2.49. The van der Waals surface area contributed by atoms with Crippen molar-refractivity contribution in [2.45, 2.75) is 26.7 Å². The number of esters is 1. The molecule has 0 aromatic carbocycles. The fraction of sp³-hybridized carbons (Fsp3) is 0.615. The second kappa shape index (κ2) is 8.42. The van der Waals surface area contributed by atoms with E-state index in [0.717, 1.165) is 26.0 Å². The summed E-state index contributed by atoms with van der Waals surface area (Å²) in [6, 6.07) is 0. The first-order valence-corrected chi connectivity index (χ1v) is 6.42. The number of hydrogen-bond donors (Lipinski definition) is 1. The topological polar surface area (TPSA) is 73.3 Å². The van der Waals surface area contributed by atoms with Crippen LogP contribution in [0, 0.1) is 6.92 Å². The molecule has 1 aromatic heterocycles. The number of hydrogen-bond acceptors (Lipinski definition) is 6. The Morgan fingerprint density at radius 2 is 2.21 bits per heavy atom. The van der Waals surface area contributed by atoms with Crippen LogP contribution in [0.5, 0.6) is 0 Å². The number of aryl methyl sites for hydroxylation is 1. The van der Waals surface area contributed by atoms with Crippen LogP contribution in [0.15, 0.2) is 6.20 Å². The van der Waals surface area contributed by atoms with Gasteiger partial charge in [0.15, 0.2) is 0 Å². The van der Waals surface area contributed by atoms with E-state index in [4.69, 9.17) is 9.47 Å². The minimum absolute atomic E-state index is 0.345. The highest BCUT2D eigenvalue weighted by atomic mass is 16.5. The van der Waals surface area contributed by atoms with Crippen LogP contribution in [0.25, 0.3) is 0 Å². The molecule has 1 aromatic rings.